The highest BCUT2D eigenvalue weighted by Gasteiger charge is 2.10. The Morgan fingerprint density at radius 1 is 0.943 bits per heavy atom. The van der Waals surface area contributed by atoms with Gasteiger partial charge in [0, 0.05) is 12.0 Å². The summed E-state index contributed by atoms with van der Waals surface area (Å²) in [7, 11) is 3.05. The molecule has 180 valence electrons. The predicted molar refractivity (Wildman–Crippen MR) is 138 cm³/mol. The summed E-state index contributed by atoms with van der Waals surface area (Å²) >= 11 is 0. The Balaban J connectivity index is 1.53. The van der Waals surface area contributed by atoms with Gasteiger partial charge in [0.05, 0.1) is 32.9 Å². The second kappa shape index (κ2) is 14.3. The van der Waals surface area contributed by atoms with Gasteiger partial charge < -0.3 is 14.2 Å². The molecule has 0 radical (unpaired) electrons. The number of rotatable bonds is 11. The minimum atomic E-state index is -0.276. The molecule has 1 aromatic heterocycles. The van der Waals surface area contributed by atoms with E-state index in [1.165, 1.54) is 7.11 Å². The number of benzene rings is 2. The zero-order valence-electron chi connectivity index (χ0n) is 20.3. The van der Waals surface area contributed by atoms with Crippen molar-refractivity contribution >= 4 is 12.0 Å². The molecule has 0 fully saturated rings. The van der Waals surface area contributed by atoms with Gasteiger partial charge in [-0.15, -0.1) is 0 Å². The van der Waals surface area contributed by atoms with Crippen molar-refractivity contribution in [3.05, 3.63) is 95.3 Å². The first-order valence-electron chi connectivity index (χ1n) is 11.7. The van der Waals surface area contributed by atoms with Crippen molar-refractivity contribution in [3.63, 3.8) is 0 Å². The predicted octanol–water partition coefficient (Wildman–Crippen LogP) is 5.86. The van der Waals surface area contributed by atoms with Gasteiger partial charge in [-0.05, 0) is 67.1 Å². The number of aromatic nitrogens is 1. The van der Waals surface area contributed by atoms with Crippen LogP contribution in [0.15, 0.2) is 72.8 Å². The molecule has 0 bridgehead atoms. The Morgan fingerprint density at radius 3 is 2.49 bits per heavy atom. The van der Waals surface area contributed by atoms with Crippen LogP contribution in [0.3, 0.4) is 0 Å². The van der Waals surface area contributed by atoms with Crippen LogP contribution in [-0.2, 0) is 16.0 Å². The van der Waals surface area contributed by atoms with Crippen LogP contribution in [0.5, 0.6) is 11.5 Å². The van der Waals surface area contributed by atoms with Crippen molar-refractivity contribution < 1.29 is 19.0 Å². The minimum Gasteiger partial charge on any atom is -0.497 e. The van der Waals surface area contributed by atoms with Crippen molar-refractivity contribution in [2.75, 3.05) is 20.8 Å². The Hall–Kier alpha value is -4.04. The summed E-state index contributed by atoms with van der Waals surface area (Å²) in [5.74, 6) is 7.48. The van der Waals surface area contributed by atoms with Crippen molar-refractivity contribution in [2.45, 2.75) is 32.1 Å². The number of pyridine rings is 1. The molecule has 0 aliphatic rings. The molecule has 5 heteroatoms. The summed E-state index contributed by atoms with van der Waals surface area (Å²) in [5.41, 5.74) is 3.44. The average Bonchev–Trinajstić information content (AvgIpc) is 2.91. The molecule has 0 saturated carbocycles. The number of esters is 1. The number of ether oxygens (including phenoxy) is 3. The molecule has 35 heavy (non-hydrogen) atoms. The standard InChI is InChI=1S/C30H31NO4/c1-33-27-18-14-25(15-19-27)12-6-3-4-9-23-35-29-21-17-26(16-13-24-10-7-5-8-11-24)31-28(29)20-22-30(32)34-2/h5-8,10-12,14-15,17-19,21H,3-4,9,20,22-23H2,1-2H3. The number of carbonyl (C=O) groups excluding carboxylic acids is 1. The third-order valence-electron chi connectivity index (χ3n) is 5.28. The smallest absolute Gasteiger partial charge is 0.305 e. The SMILES string of the molecule is COC(=O)CCc1nc(C#Cc2ccccc2)ccc1OCCCCC=Cc1ccc(OC)cc1. The van der Waals surface area contributed by atoms with Crippen LogP contribution in [0.2, 0.25) is 0 Å². The van der Waals surface area contributed by atoms with E-state index in [0.717, 1.165) is 41.8 Å². The first-order valence-corrected chi connectivity index (χ1v) is 11.7. The first-order chi connectivity index (χ1) is 17.2. The maximum absolute atomic E-state index is 11.7. The summed E-state index contributed by atoms with van der Waals surface area (Å²) in [6.07, 6.45) is 7.86. The molecule has 0 atom stereocenters. The third kappa shape index (κ3) is 9.02. The van der Waals surface area contributed by atoms with E-state index in [4.69, 9.17) is 14.2 Å². The zero-order valence-corrected chi connectivity index (χ0v) is 20.3. The van der Waals surface area contributed by atoms with Crippen LogP contribution in [-0.4, -0.2) is 31.8 Å². The largest absolute Gasteiger partial charge is 0.497 e. The highest BCUT2D eigenvalue weighted by Crippen LogP contribution is 2.20. The van der Waals surface area contributed by atoms with E-state index in [-0.39, 0.29) is 12.4 Å². The van der Waals surface area contributed by atoms with Gasteiger partial charge in [-0.1, -0.05) is 48.4 Å². The number of hydrogen-bond acceptors (Lipinski definition) is 5. The van der Waals surface area contributed by atoms with Gasteiger partial charge in [-0.2, -0.15) is 0 Å². The topological polar surface area (TPSA) is 57.7 Å². The Labute approximate surface area is 207 Å². The highest BCUT2D eigenvalue weighted by molar-refractivity contribution is 5.69. The van der Waals surface area contributed by atoms with Gasteiger partial charge in [-0.3, -0.25) is 4.79 Å². The second-order valence-corrected chi connectivity index (χ2v) is 7.85. The highest BCUT2D eigenvalue weighted by atomic mass is 16.5. The van der Waals surface area contributed by atoms with Gasteiger partial charge >= 0.3 is 5.97 Å². The zero-order chi connectivity index (χ0) is 24.7. The molecule has 0 aliphatic heterocycles. The molecule has 5 nitrogen and oxygen atoms in total. The van der Waals surface area contributed by atoms with Crippen LogP contribution in [0.1, 0.15) is 48.2 Å². The first kappa shape index (κ1) is 25.6. The van der Waals surface area contributed by atoms with E-state index >= 15 is 0 Å². The fraction of sp³-hybridized carbons (Fsp3) is 0.267. The monoisotopic (exact) mass is 469 g/mol. The summed E-state index contributed by atoms with van der Waals surface area (Å²) in [6, 6.07) is 21.5. The van der Waals surface area contributed by atoms with Gasteiger partial charge in [-0.25, -0.2) is 4.98 Å². The summed E-state index contributed by atoms with van der Waals surface area (Å²) < 4.78 is 16.0. The Bertz CT molecular complexity index is 1160. The molecular formula is C30H31NO4. The second-order valence-electron chi connectivity index (χ2n) is 7.85. The van der Waals surface area contributed by atoms with Gasteiger partial charge in [0.1, 0.15) is 17.2 Å². The van der Waals surface area contributed by atoms with Gasteiger partial charge in [0.2, 0.25) is 0 Å². The van der Waals surface area contributed by atoms with E-state index in [1.54, 1.807) is 7.11 Å². The number of unbranched alkanes of at least 4 members (excludes halogenated alkanes) is 2. The average molecular weight is 470 g/mol. The number of allylic oxidation sites excluding steroid dienone is 1. The van der Waals surface area contributed by atoms with E-state index in [2.05, 4.69) is 29.0 Å². The minimum absolute atomic E-state index is 0.242. The molecule has 0 spiro atoms. The number of hydrogen-bond donors (Lipinski definition) is 0. The molecule has 0 amide bonds. The molecule has 0 aliphatic carbocycles. The van der Waals surface area contributed by atoms with E-state index in [9.17, 15) is 4.79 Å². The third-order valence-corrected chi connectivity index (χ3v) is 5.28. The summed E-state index contributed by atoms with van der Waals surface area (Å²) in [6.45, 7) is 0.582. The lowest BCUT2D eigenvalue weighted by Gasteiger charge is -2.11. The molecule has 0 unspecified atom stereocenters. The maximum atomic E-state index is 11.7. The number of aryl methyl sites for hydroxylation is 1. The Kier molecular flexibility index (Phi) is 10.4. The molecule has 1 heterocycles. The van der Waals surface area contributed by atoms with Crippen LogP contribution in [0.25, 0.3) is 6.08 Å². The fourth-order valence-corrected chi connectivity index (χ4v) is 3.33. The number of methoxy groups -OCH3 is 2. The molecule has 3 aromatic rings. The van der Waals surface area contributed by atoms with E-state index < -0.39 is 0 Å². The van der Waals surface area contributed by atoms with Crippen molar-refractivity contribution in [1.29, 1.82) is 0 Å². The summed E-state index contributed by atoms with van der Waals surface area (Å²) in [5, 5.41) is 0. The molecule has 2 aromatic carbocycles. The van der Waals surface area contributed by atoms with Crippen LogP contribution < -0.4 is 9.47 Å². The van der Waals surface area contributed by atoms with Gasteiger partial charge in [0.15, 0.2) is 0 Å². The number of nitrogens with zero attached hydrogens (tertiary/aromatic N) is 1. The molecule has 3 rings (SSSR count). The van der Waals surface area contributed by atoms with E-state index in [0.29, 0.717) is 24.5 Å². The van der Waals surface area contributed by atoms with Crippen molar-refractivity contribution in [3.8, 4) is 23.3 Å². The van der Waals surface area contributed by atoms with E-state index in [1.807, 2.05) is 66.7 Å². The molecule has 0 saturated heterocycles. The summed E-state index contributed by atoms with van der Waals surface area (Å²) in [4.78, 5) is 16.3. The maximum Gasteiger partial charge on any atom is 0.305 e. The molecular weight excluding hydrogens is 438 g/mol. The van der Waals surface area contributed by atoms with Crippen LogP contribution in [0.4, 0.5) is 0 Å². The lowest BCUT2D eigenvalue weighted by atomic mass is 10.1. The van der Waals surface area contributed by atoms with Crippen LogP contribution in [0, 0.1) is 11.8 Å². The van der Waals surface area contributed by atoms with Crippen molar-refractivity contribution in [1.82, 2.24) is 4.98 Å². The lowest BCUT2D eigenvalue weighted by Crippen LogP contribution is -2.07. The molecule has 0 N–H and O–H groups in total. The quantitative estimate of drug-likeness (QED) is 0.200. The van der Waals surface area contributed by atoms with Crippen molar-refractivity contribution in [2.24, 2.45) is 0 Å². The Morgan fingerprint density at radius 2 is 1.74 bits per heavy atom. The van der Waals surface area contributed by atoms with Crippen LogP contribution >= 0.6 is 0 Å². The lowest BCUT2D eigenvalue weighted by molar-refractivity contribution is -0.140. The fourth-order valence-electron chi connectivity index (χ4n) is 3.33. The number of carbonyl (C=O) groups is 1. The van der Waals surface area contributed by atoms with Gasteiger partial charge in [0.25, 0.3) is 0 Å². The normalized spacial score (nSPS) is 10.5.